The lowest BCUT2D eigenvalue weighted by atomic mass is 10.00. The van der Waals surface area contributed by atoms with Crippen LogP contribution in [0.4, 0.5) is 11.4 Å². The molecule has 10 heteroatoms. The van der Waals surface area contributed by atoms with Crippen molar-refractivity contribution in [3.8, 4) is 5.88 Å². The molecule has 0 aliphatic rings. The van der Waals surface area contributed by atoms with E-state index in [1.54, 1.807) is 42.5 Å². The molecular formula is C30H34N4O5S. The number of sulfonamides is 1. The fourth-order valence-corrected chi connectivity index (χ4v) is 5.53. The number of rotatable bonds is 11. The van der Waals surface area contributed by atoms with Crippen molar-refractivity contribution >= 4 is 44.0 Å². The van der Waals surface area contributed by atoms with Crippen LogP contribution in [0.1, 0.15) is 35.3 Å². The molecule has 0 atom stereocenters. The number of likely N-dealkylation sites (N-methyl/N-ethyl adjacent to an activating group) is 1. The third kappa shape index (κ3) is 6.35. The Balaban J connectivity index is 1.76. The van der Waals surface area contributed by atoms with E-state index in [1.165, 1.54) is 17.7 Å². The predicted octanol–water partition coefficient (Wildman–Crippen LogP) is 4.94. The highest BCUT2D eigenvalue weighted by Crippen LogP contribution is 2.32. The minimum atomic E-state index is -3.49. The van der Waals surface area contributed by atoms with Crippen LogP contribution in [0.2, 0.25) is 0 Å². The van der Waals surface area contributed by atoms with Crippen LogP contribution in [-0.4, -0.2) is 74.6 Å². The van der Waals surface area contributed by atoms with Gasteiger partial charge in [0, 0.05) is 29.6 Å². The Morgan fingerprint density at radius 1 is 0.950 bits per heavy atom. The summed E-state index contributed by atoms with van der Waals surface area (Å²) in [5, 5.41) is 11.6. The van der Waals surface area contributed by atoms with Crippen molar-refractivity contribution in [1.29, 1.82) is 0 Å². The topological polar surface area (TPSA) is 115 Å². The Labute approximate surface area is 234 Å². The maximum Gasteiger partial charge on any atom is 0.337 e. The first-order chi connectivity index (χ1) is 19.2. The first kappa shape index (κ1) is 28.8. The van der Waals surface area contributed by atoms with Gasteiger partial charge in [0.25, 0.3) is 0 Å². The van der Waals surface area contributed by atoms with Gasteiger partial charge in [0.1, 0.15) is 0 Å². The van der Waals surface area contributed by atoms with Crippen molar-refractivity contribution in [2.24, 2.45) is 4.99 Å². The van der Waals surface area contributed by atoms with E-state index in [4.69, 9.17) is 9.73 Å². The summed E-state index contributed by atoms with van der Waals surface area (Å²) in [6, 6.07) is 21.5. The van der Waals surface area contributed by atoms with Crippen LogP contribution in [0, 0.1) is 0 Å². The maximum atomic E-state index is 12.6. The summed E-state index contributed by atoms with van der Waals surface area (Å²) in [5.41, 5.74) is 3.83. The summed E-state index contributed by atoms with van der Waals surface area (Å²) in [6.45, 7) is 6.75. The summed E-state index contributed by atoms with van der Waals surface area (Å²) >= 11 is 0. The van der Waals surface area contributed by atoms with E-state index in [0.29, 0.717) is 52.2 Å². The number of aliphatic imine (C=N–C) groups is 1. The van der Waals surface area contributed by atoms with Crippen LogP contribution in [0.3, 0.4) is 0 Å². The molecule has 1 aromatic heterocycles. The molecule has 210 valence electrons. The van der Waals surface area contributed by atoms with Crippen LogP contribution in [0.25, 0.3) is 10.9 Å². The third-order valence-electron chi connectivity index (χ3n) is 6.78. The zero-order chi connectivity index (χ0) is 28.9. The molecule has 0 radical (unpaired) electrons. The number of nitrogens with one attached hydrogen (secondary N) is 1. The van der Waals surface area contributed by atoms with Crippen molar-refractivity contribution < 1.29 is 23.1 Å². The van der Waals surface area contributed by atoms with E-state index >= 15 is 0 Å². The number of aromatic nitrogens is 1. The maximum absolute atomic E-state index is 12.6. The fraction of sp³-hybridized carbons (Fsp3) is 0.267. The summed E-state index contributed by atoms with van der Waals surface area (Å²) in [7, 11) is -2.17. The Bertz CT molecular complexity index is 1610. The first-order valence-electron chi connectivity index (χ1n) is 13.0. The SMILES string of the molecule is CCN(CC)CCN(c1ccc(N=C(c2ccccc2)c2c(O)[nH]c3cc(C(=O)OC)ccc23)cc1)S(C)(=O)=O. The van der Waals surface area contributed by atoms with E-state index in [0.717, 1.165) is 18.7 Å². The summed E-state index contributed by atoms with van der Waals surface area (Å²) in [6.07, 6.45) is 1.21. The minimum absolute atomic E-state index is 0.0871. The molecule has 4 aromatic rings. The number of ether oxygens (including phenoxy) is 1. The molecular weight excluding hydrogens is 528 g/mol. The number of anilines is 1. The lowest BCUT2D eigenvalue weighted by Crippen LogP contribution is -2.38. The van der Waals surface area contributed by atoms with Gasteiger partial charge in [-0.1, -0.05) is 50.2 Å². The van der Waals surface area contributed by atoms with Crippen molar-refractivity contribution in [2.45, 2.75) is 13.8 Å². The molecule has 4 rings (SSSR count). The van der Waals surface area contributed by atoms with Crippen molar-refractivity contribution in [3.05, 3.63) is 89.5 Å². The smallest absolute Gasteiger partial charge is 0.337 e. The van der Waals surface area contributed by atoms with Gasteiger partial charge in [0.15, 0.2) is 5.88 Å². The van der Waals surface area contributed by atoms with Gasteiger partial charge in [-0.3, -0.25) is 4.31 Å². The van der Waals surface area contributed by atoms with Crippen LogP contribution in [0.5, 0.6) is 5.88 Å². The molecule has 0 saturated carbocycles. The molecule has 0 aliphatic carbocycles. The Morgan fingerprint density at radius 3 is 2.23 bits per heavy atom. The zero-order valence-electron chi connectivity index (χ0n) is 23.1. The van der Waals surface area contributed by atoms with E-state index < -0.39 is 16.0 Å². The highest BCUT2D eigenvalue weighted by molar-refractivity contribution is 7.92. The molecule has 0 unspecified atom stereocenters. The lowest BCUT2D eigenvalue weighted by molar-refractivity contribution is 0.0601. The van der Waals surface area contributed by atoms with Crippen molar-refractivity contribution in [1.82, 2.24) is 9.88 Å². The lowest BCUT2D eigenvalue weighted by Gasteiger charge is -2.26. The van der Waals surface area contributed by atoms with Crippen LogP contribution in [-0.2, 0) is 14.8 Å². The Morgan fingerprint density at radius 2 is 1.62 bits per heavy atom. The number of fused-ring (bicyclic) bond motifs is 1. The van der Waals surface area contributed by atoms with E-state index in [1.807, 2.05) is 30.3 Å². The summed E-state index contributed by atoms with van der Waals surface area (Å²) < 4.78 is 31.4. The normalized spacial score (nSPS) is 12.2. The van der Waals surface area contributed by atoms with E-state index in [2.05, 4.69) is 23.7 Å². The molecule has 0 saturated heterocycles. The molecule has 3 aromatic carbocycles. The number of hydrogen-bond acceptors (Lipinski definition) is 7. The van der Waals surface area contributed by atoms with Gasteiger partial charge in [-0.25, -0.2) is 18.2 Å². The van der Waals surface area contributed by atoms with Crippen LogP contribution in [0.15, 0.2) is 77.8 Å². The highest BCUT2D eigenvalue weighted by Gasteiger charge is 2.21. The Hall–Kier alpha value is -4.15. The number of carbonyl (C=O) groups is 1. The average molecular weight is 563 g/mol. The largest absolute Gasteiger partial charge is 0.494 e. The third-order valence-corrected chi connectivity index (χ3v) is 7.97. The molecule has 40 heavy (non-hydrogen) atoms. The van der Waals surface area contributed by atoms with Gasteiger partial charge in [0.2, 0.25) is 10.0 Å². The number of esters is 1. The molecule has 0 amide bonds. The van der Waals surface area contributed by atoms with Gasteiger partial charge in [-0.15, -0.1) is 0 Å². The number of carbonyl (C=O) groups excluding carboxylic acids is 1. The molecule has 1 heterocycles. The first-order valence-corrected chi connectivity index (χ1v) is 14.9. The van der Waals surface area contributed by atoms with Gasteiger partial charge < -0.3 is 19.7 Å². The zero-order valence-corrected chi connectivity index (χ0v) is 23.9. The molecule has 2 N–H and O–H groups in total. The van der Waals surface area contributed by atoms with Gasteiger partial charge in [-0.2, -0.15) is 0 Å². The molecule has 0 spiro atoms. The van der Waals surface area contributed by atoms with Crippen molar-refractivity contribution in [2.75, 3.05) is 43.8 Å². The van der Waals surface area contributed by atoms with Gasteiger partial charge in [0.05, 0.1) is 41.6 Å². The van der Waals surface area contributed by atoms with Crippen LogP contribution < -0.4 is 4.31 Å². The second-order valence-corrected chi connectivity index (χ2v) is 11.2. The number of aromatic amines is 1. The van der Waals surface area contributed by atoms with Gasteiger partial charge >= 0.3 is 5.97 Å². The Kier molecular flexibility index (Phi) is 8.91. The second-order valence-electron chi connectivity index (χ2n) is 9.31. The molecule has 0 aliphatic heterocycles. The fourth-order valence-electron chi connectivity index (χ4n) is 4.61. The monoisotopic (exact) mass is 562 g/mol. The number of methoxy groups -OCH3 is 1. The standard InChI is InChI=1S/C30H34N4O5S/c1-5-33(6-2)18-19-34(40(4,37)38)24-15-13-23(14-16-24)31-28(21-10-8-7-9-11-21)27-25-17-12-22(30(36)39-3)20-26(25)32-29(27)35/h7-17,20,32,35H,5-6,18-19H2,1-4H3. The number of H-pyrrole nitrogens is 1. The molecule has 0 fully saturated rings. The quantitative estimate of drug-likeness (QED) is 0.198. The summed E-state index contributed by atoms with van der Waals surface area (Å²) in [5.74, 6) is -0.564. The number of aromatic hydroxyl groups is 1. The molecule has 9 nitrogen and oxygen atoms in total. The molecule has 0 bridgehead atoms. The highest BCUT2D eigenvalue weighted by atomic mass is 32.2. The van der Waals surface area contributed by atoms with Gasteiger partial charge in [-0.05, 0) is 49.5 Å². The van der Waals surface area contributed by atoms with E-state index in [9.17, 15) is 18.3 Å². The van der Waals surface area contributed by atoms with E-state index in [-0.39, 0.29) is 5.88 Å². The van der Waals surface area contributed by atoms with Crippen molar-refractivity contribution in [3.63, 3.8) is 0 Å². The predicted molar refractivity (Wildman–Crippen MR) is 159 cm³/mol. The second kappa shape index (κ2) is 12.4. The number of nitrogens with zero attached hydrogens (tertiary/aromatic N) is 3. The number of hydrogen-bond donors (Lipinski definition) is 2. The minimum Gasteiger partial charge on any atom is -0.494 e. The van der Waals surface area contributed by atoms with Crippen LogP contribution >= 0.6 is 0 Å². The average Bonchev–Trinajstić information content (AvgIpc) is 3.28. The number of benzene rings is 3. The summed E-state index contributed by atoms with van der Waals surface area (Å²) in [4.78, 5) is 22.0.